The molecule has 0 bridgehead atoms. The molecule has 2 N–H and O–H groups in total. The quantitative estimate of drug-likeness (QED) is 0.728. The highest BCUT2D eigenvalue weighted by Crippen LogP contribution is 2.39. The monoisotopic (exact) mass is 324 g/mol. The second kappa shape index (κ2) is 5.79. The van der Waals surface area contributed by atoms with Gasteiger partial charge in [-0.1, -0.05) is 12.1 Å². The SMILES string of the molecule is COc1ccc(Cn2nc(NC3(CO)CC3)c3cccnc32)cc1. The van der Waals surface area contributed by atoms with Gasteiger partial charge in [-0.3, -0.25) is 0 Å². The number of aliphatic hydroxyl groups excluding tert-OH is 1. The summed E-state index contributed by atoms with van der Waals surface area (Å²) in [6.45, 7) is 0.755. The van der Waals surface area contributed by atoms with Gasteiger partial charge in [-0.15, -0.1) is 0 Å². The van der Waals surface area contributed by atoms with Gasteiger partial charge < -0.3 is 15.2 Å². The van der Waals surface area contributed by atoms with E-state index in [0.717, 1.165) is 41.0 Å². The largest absolute Gasteiger partial charge is 0.497 e. The van der Waals surface area contributed by atoms with Gasteiger partial charge in [0, 0.05) is 6.20 Å². The summed E-state index contributed by atoms with van der Waals surface area (Å²) in [6, 6.07) is 11.9. The highest BCUT2D eigenvalue weighted by atomic mass is 16.5. The molecule has 1 aliphatic carbocycles. The molecule has 6 heteroatoms. The summed E-state index contributed by atoms with van der Waals surface area (Å²) in [7, 11) is 1.66. The second-order valence-electron chi connectivity index (χ2n) is 6.29. The molecule has 1 aromatic carbocycles. The minimum atomic E-state index is -0.206. The molecule has 0 unspecified atom stereocenters. The Morgan fingerprint density at radius 3 is 2.71 bits per heavy atom. The van der Waals surface area contributed by atoms with Gasteiger partial charge in [0.25, 0.3) is 0 Å². The maximum atomic E-state index is 9.56. The van der Waals surface area contributed by atoms with Crippen LogP contribution >= 0.6 is 0 Å². The minimum absolute atomic E-state index is 0.125. The number of benzene rings is 1. The van der Waals surface area contributed by atoms with E-state index in [1.54, 1.807) is 13.3 Å². The Kier molecular flexibility index (Phi) is 3.61. The van der Waals surface area contributed by atoms with E-state index >= 15 is 0 Å². The number of hydrogen-bond donors (Lipinski definition) is 2. The van der Waals surface area contributed by atoms with Gasteiger partial charge in [-0.05, 0) is 42.7 Å². The average Bonchev–Trinajstić information content (AvgIpc) is 3.33. The first-order chi connectivity index (χ1) is 11.7. The molecule has 1 fully saturated rings. The fourth-order valence-corrected chi connectivity index (χ4v) is 2.84. The lowest BCUT2D eigenvalue weighted by Gasteiger charge is -2.13. The summed E-state index contributed by atoms with van der Waals surface area (Å²) in [4.78, 5) is 4.48. The van der Waals surface area contributed by atoms with Gasteiger partial charge in [0.05, 0.1) is 31.2 Å². The van der Waals surface area contributed by atoms with Crippen LogP contribution in [0, 0.1) is 0 Å². The van der Waals surface area contributed by atoms with Crippen LogP contribution in [0.2, 0.25) is 0 Å². The molecule has 0 radical (unpaired) electrons. The van der Waals surface area contributed by atoms with Gasteiger partial charge in [0.15, 0.2) is 11.5 Å². The number of ether oxygens (including phenoxy) is 1. The van der Waals surface area contributed by atoms with Gasteiger partial charge in [0.2, 0.25) is 0 Å². The van der Waals surface area contributed by atoms with E-state index in [9.17, 15) is 5.11 Å². The lowest BCUT2D eigenvalue weighted by Crippen LogP contribution is -2.26. The molecule has 6 nitrogen and oxygen atoms in total. The van der Waals surface area contributed by atoms with Crippen LogP contribution in [0.3, 0.4) is 0 Å². The minimum Gasteiger partial charge on any atom is -0.497 e. The van der Waals surface area contributed by atoms with E-state index < -0.39 is 0 Å². The molecule has 4 rings (SSSR count). The van der Waals surface area contributed by atoms with Crippen molar-refractivity contribution in [3.05, 3.63) is 48.2 Å². The second-order valence-corrected chi connectivity index (χ2v) is 6.29. The molecule has 2 aromatic heterocycles. The first kappa shape index (κ1) is 15.0. The van der Waals surface area contributed by atoms with Crippen LogP contribution in [0.5, 0.6) is 5.75 Å². The molecule has 0 amide bonds. The maximum Gasteiger partial charge on any atom is 0.160 e. The van der Waals surface area contributed by atoms with E-state index in [4.69, 9.17) is 9.84 Å². The van der Waals surface area contributed by atoms with Crippen LogP contribution in [-0.2, 0) is 6.54 Å². The predicted molar refractivity (Wildman–Crippen MR) is 92.3 cm³/mol. The Bertz CT molecular complexity index is 853. The Labute approximate surface area is 140 Å². The van der Waals surface area contributed by atoms with Crippen molar-refractivity contribution in [1.82, 2.24) is 14.8 Å². The summed E-state index contributed by atoms with van der Waals surface area (Å²) >= 11 is 0. The number of aliphatic hydroxyl groups is 1. The van der Waals surface area contributed by atoms with E-state index in [2.05, 4.69) is 10.3 Å². The third kappa shape index (κ3) is 2.69. The number of aromatic nitrogens is 3. The van der Waals surface area contributed by atoms with Crippen molar-refractivity contribution >= 4 is 16.9 Å². The molecular formula is C18H20N4O2. The normalized spacial score (nSPS) is 15.4. The molecule has 3 aromatic rings. The van der Waals surface area contributed by atoms with Crippen molar-refractivity contribution in [2.75, 3.05) is 19.0 Å². The van der Waals surface area contributed by atoms with Crippen LogP contribution in [-0.4, -0.2) is 39.1 Å². The van der Waals surface area contributed by atoms with Crippen molar-refractivity contribution in [2.24, 2.45) is 0 Å². The number of anilines is 1. The number of fused-ring (bicyclic) bond motifs is 1. The van der Waals surface area contributed by atoms with E-state index in [0.29, 0.717) is 6.54 Å². The molecule has 2 heterocycles. The summed E-state index contributed by atoms with van der Waals surface area (Å²) in [5, 5.41) is 18.6. The smallest absolute Gasteiger partial charge is 0.160 e. The van der Waals surface area contributed by atoms with Crippen LogP contribution in [0.25, 0.3) is 11.0 Å². The van der Waals surface area contributed by atoms with E-state index in [1.807, 2.05) is 41.1 Å². The molecule has 24 heavy (non-hydrogen) atoms. The standard InChI is InChI=1S/C18H20N4O2/c1-24-14-6-4-13(5-7-14)11-22-17-15(3-2-10-19-17)16(21-22)20-18(12-23)8-9-18/h2-7,10,23H,8-9,11-12H2,1H3,(H,20,21). The highest BCUT2D eigenvalue weighted by molar-refractivity contribution is 5.88. The molecule has 0 saturated heterocycles. The Balaban J connectivity index is 1.67. The third-order valence-electron chi connectivity index (χ3n) is 4.54. The topological polar surface area (TPSA) is 72.2 Å². The van der Waals surface area contributed by atoms with Crippen LogP contribution in [0.4, 0.5) is 5.82 Å². The lowest BCUT2D eigenvalue weighted by atomic mass is 10.2. The summed E-state index contributed by atoms with van der Waals surface area (Å²) in [6.07, 6.45) is 3.71. The predicted octanol–water partition coefficient (Wildman–Crippen LogP) is 2.42. The zero-order chi connectivity index (χ0) is 16.6. The van der Waals surface area contributed by atoms with Crippen molar-refractivity contribution in [3.63, 3.8) is 0 Å². The zero-order valence-electron chi connectivity index (χ0n) is 13.6. The first-order valence-electron chi connectivity index (χ1n) is 8.06. The van der Waals surface area contributed by atoms with Gasteiger partial charge in [0.1, 0.15) is 5.75 Å². The number of hydrogen-bond acceptors (Lipinski definition) is 5. The lowest BCUT2D eigenvalue weighted by molar-refractivity contribution is 0.266. The van der Waals surface area contributed by atoms with Crippen molar-refractivity contribution in [3.8, 4) is 5.75 Å². The van der Waals surface area contributed by atoms with Crippen LogP contribution < -0.4 is 10.1 Å². The number of nitrogens with one attached hydrogen (secondary N) is 1. The van der Waals surface area contributed by atoms with Crippen LogP contribution in [0.1, 0.15) is 18.4 Å². The highest BCUT2D eigenvalue weighted by Gasteiger charge is 2.43. The van der Waals surface area contributed by atoms with E-state index in [1.165, 1.54) is 0 Å². The van der Waals surface area contributed by atoms with Crippen molar-refractivity contribution in [2.45, 2.75) is 24.9 Å². The fourth-order valence-electron chi connectivity index (χ4n) is 2.84. The summed E-state index contributed by atoms with van der Waals surface area (Å²) in [5.41, 5.74) is 1.76. The van der Waals surface area contributed by atoms with E-state index in [-0.39, 0.29) is 12.1 Å². The first-order valence-corrected chi connectivity index (χ1v) is 8.06. The molecule has 0 spiro atoms. The molecule has 0 atom stereocenters. The Hall–Kier alpha value is -2.60. The molecule has 124 valence electrons. The summed E-state index contributed by atoms with van der Waals surface area (Å²) in [5.74, 6) is 1.63. The third-order valence-corrected chi connectivity index (χ3v) is 4.54. The Morgan fingerprint density at radius 2 is 2.04 bits per heavy atom. The van der Waals surface area contributed by atoms with Crippen molar-refractivity contribution < 1.29 is 9.84 Å². The zero-order valence-corrected chi connectivity index (χ0v) is 13.6. The van der Waals surface area contributed by atoms with Gasteiger partial charge in [-0.2, -0.15) is 5.10 Å². The number of pyridine rings is 1. The van der Waals surface area contributed by atoms with Gasteiger partial charge >= 0.3 is 0 Å². The molecule has 0 aliphatic heterocycles. The molecular weight excluding hydrogens is 304 g/mol. The fraction of sp³-hybridized carbons (Fsp3) is 0.333. The number of methoxy groups -OCH3 is 1. The van der Waals surface area contributed by atoms with Gasteiger partial charge in [-0.25, -0.2) is 9.67 Å². The number of rotatable bonds is 6. The van der Waals surface area contributed by atoms with Crippen molar-refractivity contribution in [1.29, 1.82) is 0 Å². The molecule has 1 aliphatic rings. The Morgan fingerprint density at radius 1 is 1.25 bits per heavy atom. The average molecular weight is 324 g/mol. The summed E-state index contributed by atoms with van der Waals surface area (Å²) < 4.78 is 7.10. The number of nitrogens with zero attached hydrogens (tertiary/aromatic N) is 3. The maximum absolute atomic E-state index is 9.56. The molecule has 1 saturated carbocycles. The van der Waals surface area contributed by atoms with Crippen LogP contribution in [0.15, 0.2) is 42.6 Å².